The number of aliphatic imine (C=N–C) groups is 1. The summed E-state index contributed by atoms with van der Waals surface area (Å²) in [6.07, 6.45) is 13.8. The molecule has 7 heteroatoms. The summed E-state index contributed by atoms with van der Waals surface area (Å²) in [4.78, 5) is 10.3. The van der Waals surface area contributed by atoms with Gasteiger partial charge >= 0.3 is 0 Å². The van der Waals surface area contributed by atoms with Crippen LogP contribution in [0, 0.1) is 0 Å². The van der Waals surface area contributed by atoms with E-state index in [1.54, 1.807) is 0 Å². The van der Waals surface area contributed by atoms with Crippen molar-refractivity contribution >= 4 is 29.9 Å². The molecular formula is C23H46IN5O. The molecule has 0 unspecified atom stereocenters. The van der Waals surface area contributed by atoms with Gasteiger partial charge in [0.05, 0.1) is 12.6 Å². The van der Waals surface area contributed by atoms with Crippen molar-refractivity contribution < 1.29 is 5.11 Å². The molecule has 30 heavy (non-hydrogen) atoms. The largest absolute Gasteiger partial charge is 0.393 e. The van der Waals surface area contributed by atoms with E-state index in [1.165, 1.54) is 64.5 Å². The molecular weight excluding hydrogens is 489 g/mol. The Hall–Kier alpha value is -0.120. The first kappa shape index (κ1) is 26.1. The van der Waals surface area contributed by atoms with Crippen LogP contribution in [0.15, 0.2) is 4.99 Å². The van der Waals surface area contributed by atoms with Crippen LogP contribution in [0.2, 0.25) is 0 Å². The standard InChI is InChI=1S/C23H45N5O.HI/c1-2-24-22(25-14-9-15-27-18-10-21(29)11-19-27)26-20-23(12-5-3-6-13-23)28-16-7-4-8-17-28;/h21,29H,2-20H2,1H3,(H2,24,25,26);1H. The van der Waals surface area contributed by atoms with Crippen LogP contribution in [0.5, 0.6) is 0 Å². The van der Waals surface area contributed by atoms with Gasteiger partial charge in [-0.1, -0.05) is 25.7 Å². The van der Waals surface area contributed by atoms with Gasteiger partial charge in [0.1, 0.15) is 0 Å². The maximum absolute atomic E-state index is 9.65. The summed E-state index contributed by atoms with van der Waals surface area (Å²) < 4.78 is 0. The number of nitrogens with zero attached hydrogens (tertiary/aromatic N) is 3. The van der Waals surface area contributed by atoms with Crippen molar-refractivity contribution in [1.29, 1.82) is 0 Å². The van der Waals surface area contributed by atoms with Crippen LogP contribution in [0.4, 0.5) is 0 Å². The van der Waals surface area contributed by atoms with Crippen LogP contribution in [-0.2, 0) is 0 Å². The second-order valence-corrected chi connectivity index (χ2v) is 9.38. The number of piperidine rings is 2. The van der Waals surface area contributed by atoms with Crippen molar-refractivity contribution in [3.05, 3.63) is 0 Å². The summed E-state index contributed by atoms with van der Waals surface area (Å²) in [7, 11) is 0. The molecule has 2 heterocycles. The predicted octanol–water partition coefficient (Wildman–Crippen LogP) is 3.20. The third-order valence-electron chi connectivity index (χ3n) is 7.19. The van der Waals surface area contributed by atoms with Crippen LogP contribution in [-0.4, -0.2) is 84.9 Å². The topological polar surface area (TPSA) is 63.1 Å². The van der Waals surface area contributed by atoms with Crippen LogP contribution < -0.4 is 10.6 Å². The zero-order chi connectivity index (χ0) is 20.4. The molecule has 2 saturated heterocycles. The van der Waals surface area contributed by atoms with E-state index in [1.807, 2.05) is 0 Å². The molecule has 2 aliphatic heterocycles. The molecule has 0 aromatic rings. The van der Waals surface area contributed by atoms with Crippen molar-refractivity contribution in [3.8, 4) is 0 Å². The summed E-state index contributed by atoms with van der Waals surface area (Å²) in [6.45, 7) is 10.7. The van der Waals surface area contributed by atoms with E-state index in [9.17, 15) is 5.11 Å². The highest BCUT2D eigenvalue weighted by atomic mass is 127. The summed E-state index contributed by atoms with van der Waals surface area (Å²) in [6, 6.07) is 0. The fourth-order valence-corrected chi connectivity index (χ4v) is 5.37. The van der Waals surface area contributed by atoms with Crippen molar-refractivity contribution in [3.63, 3.8) is 0 Å². The number of nitrogens with one attached hydrogen (secondary N) is 2. The van der Waals surface area contributed by atoms with E-state index >= 15 is 0 Å². The molecule has 3 fully saturated rings. The second kappa shape index (κ2) is 14.1. The highest BCUT2D eigenvalue weighted by molar-refractivity contribution is 14.0. The van der Waals surface area contributed by atoms with Gasteiger partial charge in [0, 0.05) is 31.7 Å². The zero-order valence-electron chi connectivity index (χ0n) is 19.2. The molecule has 1 aliphatic carbocycles. The Balaban J connectivity index is 0.00000320. The average Bonchev–Trinajstić information content (AvgIpc) is 2.77. The lowest BCUT2D eigenvalue weighted by Crippen LogP contribution is -2.54. The normalized spacial score (nSPS) is 24.3. The smallest absolute Gasteiger partial charge is 0.191 e. The number of hydrogen-bond donors (Lipinski definition) is 3. The van der Waals surface area contributed by atoms with Crippen molar-refractivity contribution in [2.45, 2.75) is 89.2 Å². The van der Waals surface area contributed by atoms with Crippen molar-refractivity contribution in [1.82, 2.24) is 20.4 Å². The Bertz CT molecular complexity index is 484. The SMILES string of the molecule is CCNC(=NCC1(N2CCCCC2)CCCCC1)NCCCN1CCC(O)CC1.I. The Morgan fingerprint density at radius 3 is 2.30 bits per heavy atom. The Labute approximate surface area is 201 Å². The lowest BCUT2D eigenvalue weighted by Gasteiger charge is -2.47. The minimum Gasteiger partial charge on any atom is -0.393 e. The first-order valence-corrected chi connectivity index (χ1v) is 12.4. The van der Waals surface area contributed by atoms with Crippen LogP contribution in [0.1, 0.15) is 77.6 Å². The Kier molecular flexibility index (Phi) is 12.3. The van der Waals surface area contributed by atoms with Gasteiger partial charge in [-0.25, -0.2) is 0 Å². The van der Waals surface area contributed by atoms with Gasteiger partial charge in [0.25, 0.3) is 0 Å². The molecule has 6 nitrogen and oxygen atoms in total. The summed E-state index contributed by atoms with van der Waals surface area (Å²) in [5.74, 6) is 0.989. The van der Waals surface area contributed by atoms with E-state index in [-0.39, 0.29) is 30.1 Å². The molecule has 0 atom stereocenters. The van der Waals surface area contributed by atoms with Crippen molar-refractivity contribution in [2.24, 2.45) is 4.99 Å². The summed E-state index contributed by atoms with van der Waals surface area (Å²) in [5, 5.41) is 16.7. The van der Waals surface area contributed by atoms with E-state index in [2.05, 4.69) is 27.4 Å². The molecule has 0 aromatic heterocycles. The molecule has 0 amide bonds. The molecule has 0 spiro atoms. The highest BCUT2D eigenvalue weighted by Crippen LogP contribution is 2.35. The number of hydrogen-bond acceptors (Lipinski definition) is 4. The van der Waals surface area contributed by atoms with Gasteiger partial charge < -0.3 is 20.6 Å². The van der Waals surface area contributed by atoms with Crippen molar-refractivity contribution in [2.75, 3.05) is 52.4 Å². The van der Waals surface area contributed by atoms with E-state index < -0.39 is 0 Å². The highest BCUT2D eigenvalue weighted by Gasteiger charge is 2.38. The third kappa shape index (κ3) is 8.10. The van der Waals surface area contributed by atoms with Gasteiger partial charge in [-0.05, 0) is 71.5 Å². The van der Waals surface area contributed by atoms with Crippen LogP contribution in [0.25, 0.3) is 0 Å². The molecule has 0 radical (unpaired) electrons. The molecule has 176 valence electrons. The number of rotatable bonds is 8. The average molecular weight is 536 g/mol. The van der Waals surface area contributed by atoms with Crippen LogP contribution >= 0.6 is 24.0 Å². The lowest BCUT2D eigenvalue weighted by molar-refractivity contribution is 0.0407. The number of aliphatic hydroxyl groups excluding tert-OH is 1. The molecule has 3 N–H and O–H groups in total. The predicted molar refractivity (Wildman–Crippen MR) is 137 cm³/mol. The fraction of sp³-hybridized carbons (Fsp3) is 0.957. The maximum Gasteiger partial charge on any atom is 0.191 e. The fourth-order valence-electron chi connectivity index (χ4n) is 5.37. The first-order chi connectivity index (χ1) is 14.2. The van der Waals surface area contributed by atoms with Crippen LogP contribution in [0.3, 0.4) is 0 Å². The van der Waals surface area contributed by atoms with Gasteiger partial charge in [0.2, 0.25) is 0 Å². The molecule has 0 aromatic carbocycles. The molecule has 3 rings (SSSR count). The second-order valence-electron chi connectivity index (χ2n) is 9.38. The zero-order valence-corrected chi connectivity index (χ0v) is 21.5. The van der Waals surface area contributed by atoms with Gasteiger partial charge in [-0.15, -0.1) is 24.0 Å². The minimum absolute atomic E-state index is 0. The maximum atomic E-state index is 9.65. The number of likely N-dealkylation sites (tertiary alicyclic amines) is 2. The molecule has 1 saturated carbocycles. The minimum atomic E-state index is -0.0797. The first-order valence-electron chi connectivity index (χ1n) is 12.4. The Morgan fingerprint density at radius 2 is 1.63 bits per heavy atom. The number of aliphatic hydroxyl groups is 1. The van der Waals surface area contributed by atoms with E-state index in [4.69, 9.17) is 4.99 Å². The van der Waals surface area contributed by atoms with E-state index in [0.29, 0.717) is 5.54 Å². The number of halogens is 1. The summed E-state index contributed by atoms with van der Waals surface area (Å²) in [5.41, 5.74) is 0.301. The van der Waals surface area contributed by atoms with Gasteiger partial charge in [0.15, 0.2) is 5.96 Å². The van der Waals surface area contributed by atoms with E-state index in [0.717, 1.165) is 64.5 Å². The monoisotopic (exact) mass is 535 g/mol. The Morgan fingerprint density at radius 1 is 0.967 bits per heavy atom. The lowest BCUT2D eigenvalue weighted by atomic mass is 9.79. The quantitative estimate of drug-likeness (QED) is 0.193. The number of guanidine groups is 1. The third-order valence-corrected chi connectivity index (χ3v) is 7.19. The van der Waals surface area contributed by atoms with Gasteiger partial charge in [-0.2, -0.15) is 0 Å². The summed E-state index contributed by atoms with van der Waals surface area (Å²) >= 11 is 0. The van der Waals surface area contributed by atoms with Gasteiger partial charge in [-0.3, -0.25) is 9.89 Å². The molecule has 0 bridgehead atoms. The molecule has 3 aliphatic rings.